The SMILES string of the molecule is N#Cc1ccsc1NC(=O)CCN1CCCC(Cn2cncn2)C1. The van der Waals surface area contributed by atoms with Crippen molar-refractivity contribution in [3.63, 3.8) is 0 Å². The molecule has 3 heterocycles. The van der Waals surface area contributed by atoms with Crippen molar-refractivity contribution in [3.05, 3.63) is 29.7 Å². The molecule has 1 saturated heterocycles. The molecular weight excluding hydrogens is 324 g/mol. The Balaban J connectivity index is 1.44. The molecule has 24 heavy (non-hydrogen) atoms. The summed E-state index contributed by atoms with van der Waals surface area (Å²) in [5, 5.41) is 18.4. The Kier molecular flexibility index (Phi) is 5.56. The van der Waals surface area contributed by atoms with Crippen molar-refractivity contribution in [3.8, 4) is 6.07 Å². The van der Waals surface area contributed by atoms with Crippen molar-refractivity contribution in [1.29, 1.82) is 5.26 Å². The zero-order valence-electron chi connectivity index (χ0n) is 13.4. The van der Waals surface area contributed by atoms with Gasteiger partial charge in [0.15, 0.2) is 0 Å². The summed E-state index contributed by atoms with van der Waals surface area (Å²) in [5.74, 6) is 0.512. The van der Waals surface area contributed by atoms with E-state index in [0.717, 1.165) is 32.6 Å². The van der Waals surface area contributed by atoms with E-state index < -0.39 is 0 Å². The maximum Gasteiger partial charge on any atom is 0.226 e. The fourth-order valence-electron chi connectivity index (χ4n) is 3.04. The molecular formula is C16H20N6OS. The van der Waals surface area contributed by atoms with E-state index in [4.69, 9.17) is 5.26 Å². The van der Waals surface area contributed by atoms with Gasteiger partial charge in [0.1, 0.15) is 23.7 Å². The largest absolute Gasteiger partial charge is 0.317 e. The normalized spacial score (nSPS) is 18.2. The molecule has 0 bridgehead atoms. The maximum absolute atomic E-state index is 12.1. The number of nitrogens with one attached hydrogen (secondary N) is 1. The molecule has 1 N–H and O–H groups in total. The Bertz CT molecular complexity index is 704. The number of carbonyl (C=O) groups excluding carboxylic acids is 1. The minimum atomic E-state index is -0.0349. The lowest BCUT2D eigenvalue weighted by Gasteiger charge is -2.32. The first-order valence-corrected chi connectivity index (χ1v) is 8.95. The summed E-state index contributed by atoms with van der Waals surface area (Å²) in [5.41, 5.74) is 0.527. The van der Waals surface area contributed by atoms with E-state index in [1.54, 1.807) is 18.7 Å². The monoisotopic (exact) mass is 344 g/mol. The van der Waals surface area contributed by atoms with Crippen LogP contribution in [-0.2, 0) is 11.3 Å². The highest BCUT2D eigenvalue weighted by molar-refractivity contribution is 7.14. The quantitative estimate of drug-likeness (QED) is 0.865. The highest BCUT2D eigenvalue weighted by atomic mass is 32.1. The lowest BCUT2D eigenvalue weighted by atomic mass is 9.98. The van der Waals surface area contributed by atoms with Crippen molar-refractivity contribution in [2.45, 2.75) is 25.8 Å². The lowest BCUT2D eigenvalue weighted by molar-refractivity contribution is -0.116. The molecule has 3 rings (SSSR count). The summed E-state index contributed by atoms with van der Waals surface area (Å²) in [4.78, 5) is 18.4. The van der Waals surface area contributed by atoms with Crippen molar-refractivity contribution < 1.29 is 4.79 Å². The van der Waals surface area contributed by atoms with E-state index in [0.29, 0.717) is 22.9 Å². The van der Waals surface area contributed by atoms with Gasteiger partial charge in [0.05, 0.1) is 5.56 Å². The molecule has 0 saturated carbocycles. The van der Waals surface area contributed by atoms with Crippen molar-refractivity contribution in [2.75, 3.05) is 25.0 Å². The predicted molar refractivity (Wildman–Crippen MR) is 91.5 cm³/mol. The van der Waals surface area contributed by atoms with Gasteiger partial charge in [-0.25, -0.2) is 4.98 Å². The number of nitriles is 1. The van der Waals surface area contributed by atoms with Crippen LogP contribution >= 0.6 is 11.3 Å². The zero-order chi connectivity index (χ0) is 16.8. The summed E-state index contributed by atoms with van der Waals surface area (Å²) in [6, 6.07) is 3.81. The minimum Gasteiger partial charge on any atom is -0.317 e. The van der Waals surface area contributed by atoms with Gasteiger partial charge in [-0.2, -0.15) is 10.4 Å². The van der Waals surface area contributed by atoms with Gasteiger partial charge in [-0.05, 0) is 36.8 Å². The summed E-state index contributed by atoms with van der Waals surface area (Å²) in [6.45, 7) is 3.63. The number of nitrogens with zero attached hydrogens (tertiary/aromatic N) is 5. The number of aromatic nitrogens is 3. The average Bonchev–Trinajstić information content (AvgIpc) is 3.25. The van der Waals surface area contributed by atoms with Crippen LogP contribution in [0.15, 0.2) is 24.1 Å². The van der Waals surface area contributed by atoms with Crippen LogP contribution in [0.4, 0.5) is 5.00 Å². The van der Waals surface area contributed by atoms with Gasteiger partial charge in [-0.15, -0.1) is 11.3 Å². The number of thiophene rings is 1. The minimum absolute atomic E-state index is 0.0349. The molecule has 1 atom stereocenters. The number of rotatable bonds is 6. The fourth-order valence-corrected chi connectivity index (χ4v) is 3.79. The van der Waals surface area contributed by atoms with Crippen LogP contribution in [0.3, 0.4) is 0 Å². The summed E-state index contributed by atoms with van der Waals surface area (Å²) >= 11 is 1.38. The van der Waals surface area contributed by atoms with Gasteiger partial charge < -0.3 is 10.2 Å². The molecule has 7 nitrogen and oxygen atoms in total. The number of hydrogen-bond acceptors (Lipinski definition) is 6. The van der Waals surface area contributed by atoms with E-state index in [1.807, 2.05) is 10.1 Å². The van der Waals surface area contributed by atoms with Gasteiger partial charge >= 0.3 is 0 Å². The van der Waals surface area contributed by atoms with Gasteiger partial charge in [0, 0.05) is 26.1 Å². The third kappa shape index (κ3) is 4.40. The molecule has 2 aromatic heterocycles. The summed E-state index contributed by atoms with van der Waals surface area (Å²) < 4.78 is 1.88. The molecule has 0 aliphatic carbocycles. The van der Waals surface area contributed by atoms with E-state index in [-0.39, 0.29) is 5.91 Å². The fraction of sp³-hybridized carbons (Fsp3) is 0.500. The molecule has 1 unspecified atom stereocenters. The Morgan fingerprint density at radius 3 is 3.25 bits per heavy atom. The first-order valence-electron chi connectivity index (χ1n) is 8.07. The molecule has 0 radical (unpaired) electrons. The highest BCUT2D eigenvalue weighted by Gasteiger charge is 2.21. The number of hydrogen-bond donors (Lipinski definition) is 1. The zero-order valence-corrected chi connectivity index (χ0v) is 14.2. The second-order valence-corrected chi connectivity index (χ2v) is 6.92. The number of likely N-dealkylation sites (tertiary alicyclic amines) is 1. The van der Waals surface area contributed by atoms with Crippen molar-refractivity contribution >= 4 is 22.2 Å². The van der Waals surface area contributed by atoms with Gasteiger partial charge in [-0.1, -0.05) is 0 Å². The summed E-state index contributed by atoms with van der Waals surface area (Å²) in [6.07, 6.45) is 6.08. The standard InChI is InChI=1S/C16H20N6OS/c17-8-14-4-7-24-16(14)20-15(23)3-6-21-5-1-2-13(9-21)10-22-12-18-11-19-22/h4,7,11-13H,1-3,5-6,9-10H2,(H,20,23). The molecule has 1 aliphatic heterocycles. The highest BCUT2D eigenvalue weighted by Crippen LogP contribution is 2.22. The second kappa shape index (κ2) is 8.04. The molecule has 0 aromatic carbocycles. The molecule has 8 heteroatoms. The Morgan fingerprint density at radius 1 is 1.54 bits per heavy atom. The van der Waals surface area contributed by atoms with Crippen LogP contribution in [0.25, 0.3) is 0 Å². The first kappa shape index (κ1) is 16.6. The smallest absolute Gasteiger partial charge is 0.226 e. The number of piperidine rings is 1. The Hall–Kier alpha value is -2.24. The van der Waals surface area contributed by atoms with Gasteiger partial charge in [0.25, 0.3) is 0 Å². The van der Waals surface area contributed by atoms with Crippen LogP contribution in [-0.4, -0.2) is 45.2 Å². The number of anilines is 1. The predicted octanol–water partition coefficient (Wildman–Crippen LogP) is 1.95. The second-order valence-electron chi connectivity index (χ2n) is 6.00. The molecule has 1 aliphatic rings. The molecule has 126 valence electrons. The maximum atomic E-state index is 12.1. The van der Waals surface area contributed by atoms with E-state index in [2.05, 4.69) is 26.4 Å². The first-order chi connectivity index (χ1) is 11.7. The van der Waals surface area contributed by atoms with E-state index in [9.17, 15) is 4.79 Å². The Labute approximate surface area is 144 Å². The van der Waals surface area contributed by atoms with Crippen LogP contribution < -0.4 is 5.32 Å². The van der Waals surface area contributed by atoms with Crippen LogP contribution in [0.2, 0.25) is 0 Å². The van der Waals surface area contributed by atoms with Crippen LogP contribution in [0, 0.1) is 17.2 Å². The third-order valence-electron chi connectivity index (χ3n) is 4.21. The molecule has 1 fully saturated rings. The molecule has 2 aromatic rings. The third-order valence-corrected chi connectivity index (χ3v) is 5.04. The Morgan fingerprint density at radius 2 is 2.46 bits per heavy atom. The average molecular weight is 344 g/mol. The van der Waals surface area contributed by atoms with Gasteiger partial charge in [-0.3, -0.25) is 9.48 Å². The van der Waals surface area contributed by atoms with Crippen LogP contribution in [0.1, 0.15) is 24.8 Å². The topological polar surface area (TPSA) is 86.8 Å². The van der Waals surface area contributed by atoms with E-state index in [1.165, 1.54) is 17.8 Å². The molecule has 0 spiro atoms. The van der Waals surface area contributed by atoms with Crippen molar-refractivity contribution in [2.24, 2.45) is 5.92 Å². The van der Waals surface area contributed by atoms with Gasteiger partial charge in [0.2, 0.25) is 5.91 Å². The van der Waals surface area contributed by atoms with E-state index >= 15 is 0 Å². The van der Waals surface area contributed by atoms with Crippen LogP contribution in [0.5, 0.6) is 0 Å². The van der Waals surface area contributed by atoms with Crippen molar-refractivity contribution in [1.82, 2.24) is 19.7 Å². The molecule has 1 amide bonds. The summed E-state index contributed by atoms with van der Waals surface area (Å²) in [7, 11) is 0. The number of carbonyl (C=O) groups is 1. The lowest BCUT2D eigenvalue weighted by Crippen LogP contribution is -2.38. The number of amides is 1.